The lowest BCUT2D eigenvalue weighted by Gasteiger charge is -2.23. The van der Waals surface area contributed by atoms with E-state index in [1.54, 1.807) is 0 Å². The third-order valence-electron chi connectivity index (χ3n) is 3.55. The molecule has 0 aromatic heterocycles. The Labute approximate surface area is 146 Å². The average Bonchev–Trinajstić information content (AvgIpc) is 2.59. The number of carbonyl (C=O) groups excluding carboxylic acids is 2. The van der Waals surface area contributed by atoms with Crippen molar-refractivity contribution in [3.63, 3.8) is 0 Å². The predicted molar refractivity (Wildman–Crippen MR) is 84.3 cm³/mol. The third-order valence-corrected chi connectivity index (χ3v) is 3.55. The number of benzene rings is 2. The fourth-order valence-electron chi connectivity index (χ4n) is 2.23. The lowest BCUT2D eigenvalue weighted by Crippen LogP contribution is -2.33. The van der Waals surface area contributed by atoms with Gasteiger partial charge >= 0.3 is 5.97 Å². The van der Waals surface area contributed by atoms with Gasteiger partial charge in [-0.25, -0.2) is 18.0 Å². The molecule has 0 fully saturated rings. The van der Waals surface area contributed by atoms with Gasteiger partial charge in [0.25, 0.3) is 0 Å². The van der Waals surface area contributed by atoms with Crippen LogP contribution >= 0.6 is 0 Å². The number of halogens is 3. The Balaban J connectivity index is 2.22. The Morgan fingerprint density at radius 1 is 0.846 bits per heavy atom. The van der Waals surface area contributed by atoms with Gasteiger partial charge in [-0.15, -0.1) is 0 Å². The van der Waals surface area contributed by atoms with Gasteiger partial charge in [-0.3, -0.25) is 9.59 Å². The topological polar surface area (TPSA) is 74.7 Å². The number of carboxylic acids is 1. The van der Waals surface area contributed by atoms with Crippen molar-refractivity contribution >= 4 is 17.7 Å². The molecule has 0 aliphatic carbocycles. The SMILES string of the molecule is O=C(O)C(=O)CC(=O)N(Cc1ccc(F)cc1)Cc1ccc(F)c(F)c1. The maximum atomic E-state index is 13.4. The van der Waals surface area contributed by atoms with Crippen molar-refractivity contribution < 1.29 is 32.7 Å². The predicted octanol–water partition coefficient (Wildman–Crippen LogP) is 2.68. The second-order valence-electron chi connectivity index (χ2n) is 5.53. The molecule has 2 rings (SSSR count). The van der Waals surface area contributed by atoms with Crippen LogP contribution in [0.25, 0.3) is 0 Å². The Bertz CT molecular complexity index is 837. The summed E-state index contributed by atoms with van der Waals surface area (Å²) >= 11 is 0. The second kappa shape index (κ2) is 8.28. The van der Waals surface area contributed by atoms with Crippen molar-refractivity contribution in [3.05, 3.63) is 71.0 Å². The molecule has 5 nitrogen and oxygen atoms in total. The largest absolute Gasteiger partial charge is 0.475 e. The van der Waals surface area contributed by atoms with E-state index in [1.165, 1.54) is 30.3 Å². The molecule has 0 unspecified atom stereocenters. The van der Waals surface area contributed by atoms with Crippen molar-refractivity contribution in [2.45, 2.75) is 19.5 Å². The number of carboxylic acid groups (broad SMARTS) is 1. The third kappa shape index (κ3) is 5.17. The lowest BCUT2D eigenvalue weighted by molar-refractivity contribution is -0.151. The van der Waals surface area contributed by atoms with Crippen LogP contribution in [-0.4, -0.2) is 27.7 Å². The maximum Gasteiger partial charge on any atom is 0.372 e. The number of ketones is 1. The fraction of sp³-hybridized carbons (Fsp3) is 0.167. The minimum absolute atomic E-state index is 0.0645. The minimum Gasteiger partial charge on any atom is -0.475 e. The number of hydrogen-bond donors (Lipinski definition) is 1. The molecule has 0 aliphatic rings. The first-order valence-corrected chi connectivity index (χ1v) is 7.48. The van der Waals surface area contributed by atoms with Crippen LogP contribution in [0.3, 0.4) is 0 Å². The zero-order valence-electron chi connectivity index (χ0n) is 13.4. The van der Waals surface area contributed by atoms with Gasteiger partial charge in [-0.05, 0) is 35.4 Å². The van der Waals surface area contributed by atoms with Gasteiger partial charge in [0, 0.05) is 13.1 Å². The Kier molecular flexibility index (Phi) is 6.11. The van der Waals surface area contributed by atoms with Crippen LogP contribution in [0.4, 0.5) is 13.2 Å². The minimum atomic E-state index is -1.74. The van der Waals surface area contributed by atoms with Crippen LogP contribution in [-0.2, 0) is 27.5 Å². The van der Waals surface area contributed by atoms with Crippen molar-refractivity contribution in [3.8, 4) is 0 Å². The van der Waals surface area contributed by atoms with Gasteiger partial charge in [-0.2, -0.15) is 0 Å². The van der Waals surface area contributed by atoms with E-state index in [0.29, 0.717) is 5.56 Å². The molecule has 0 radical (unpaired) electrons. The molecule has 0 bridgehead atoms. The number of hydrogen-bond acceptors (Lipinski definition) is 3. The molecule has 0 saturated heterocycles. The van der Waals surface area contributed by atoms with Crippen LogP contribution < -0.4 is 0 Å². The highest BCUT2D eigenvalue weighted by Gasteiger charge is 2.22. The molecule has 0 heterocycles. The van der Waals surface area contributed by atoms with E-state index in [4.69, 9.17) is 5.11 Å². The first-order chi connectivity index (χ1) is 12.3. The molecular formula is C18H14F3NO4. The van der Waals surface area contributed by atoms with E-state index in [-0.39, 0.29) is 18.7 Å². The highest BCUT2D eigenvalue weighted by atomic mass is 19.2. The van der Waals surface area contributed by atoms with Crippen LogP contribution in [0.5, 0.6) is 0 Å². The summed E-state index contributed by atoms with van der Waals surface area (Å²) in [6.07, 6.45) is -0.875. The highest BCUT2D eigenvalue weighted by molar-refractivity contribution is 6.36. The summed E-state index contributed by atoms with van der Waals surface area (Å²) in [6.45, 7) is -0.245. The lowest BCUT2D eigenvalue weighted by atomic mass is 10.1. The Morgan fingerprint density at radius 2 is 1.42 bits per heavy atom. The number of Topliss-reactive ketones (excluding diaryl/α,β-unsaturated/α-hetero) is 1. The van der Waals surface area contributed by atoms with Gasteiger partial charge in [0.1, 0.15) is 5.82 Å². The molecule has 2 aromatic carbocycles. The summed E-state index contributed by atoms with van der Waals surface area (Å²) in [4.78, 5) is 35.3. The van der Waals surface area contributed by atoms with Crippen molar-refractivity contribution in [1.82, 2.24) is 4.90 Å². The van der Waals surface area contributed by atoms with Crippen molar-refractivity contribution in [1.29, 1.82) is 0 Å². The van der Waals surface area contributed by atoms with Crippen LogP contribution in [0.1, 0.15) is 17.5 Å². The summed E-state index contributed by atoms with van der Waals surface area (Å²) in [5.41, 5.74) is 0.771. The van der Waals surface area contributed by atoms with Gasteiger partial charge < -0.3 is 10.0 Å². The number of amides is 1. The number of aliphatic carboxylic acids is 1. The summed E-state index contributed by atoms with van der Waals surface area (Å²) < 4.78 is 39.4. The van der Waals surface area contributed by atoms with E-state index in [9.17, 15) is 27.6 Å². The number of rotatable bonds is 7. The molecule has 2 aromatic rings. The van der Waals surface area contributed by atoms with Crippen LogP contribution in [0.15, 0.2) is 42.5 Å². The molecular weight excluding hydrogens is 351 g/mol. The van der Waals surface area contributed by atoms with E-state index >= 15 is 0 Å². The maximum absolute atomic E-state index is 13.4. The normalized spacial score (nSPS) is 10.4. The summed E-state index contributed by atoms with van der Waals surface area (Å²) in [7, 11) is 0. The molecule has 26 heavy (non-hydrogen) atoms. The number of carbonyl (C=O) groups is 3. The van der Waals surface area contributed by atoms with E-state index in [0.717, 1.165) is 17.0 Å². The molecule has 0 spiro atoms. The Morgan fingerprint density at radius 3 is 2.00 bits per heavy atom. The first-order valence-electron chi connectivity index (χ1n) is 7.48. The fourth-order valence-corrected chi connectivity index (χ4v) is 2.23. The van der Waals surface area contributed by atoms with E-state index in [2.05, 4.69) is 0 Å². The van der Waals surface area contributed by atoms with Gasteiger partial charge in [0.2, 0.25) is 11.7 Å². The highest BCUT2D eigenvalue weighted by Crippen LogP contribution is 2.15. The van der Waals surface area contributed by atoms with E-state index in [1.807, 2.05) is 0 Å². The van der Waals surface area contributed by atoms with Crippen molar-refractivity contribution in [2.75, 3.05) is 0 Å². The van der Waals surface area contributed by atoms with Crippen LogP contribution in [0.2, 0.25) is 0 Å². The smallest absolute Gasteiger partial charge is 0.372 e. The van der Waals surface area contributed by atoms with Gasteiger partial charge in [0.15, 0.2) is 11.6 Å². The molecule has 1 amide bonds. The van der Waals surface area contributed by atoms with Gasteiger partial charge in [0.05, 0.1) is 6.42 Å². The summed E-state index contributed by atoms with van der Waals surface area (Å²) in [6, 6.07) is 8.25. The van der Waals surface area contributed by atoms with Crippen LogP contribution in [0, 0.1) is 17.5 Å². The molecule has 1 N–H and O–H groups in total. The average molecular weight is 365 g/mol. The second-order valence-corrected chi connectivity index (χ2v) is 5.53. The first kappa shape index (κ1) is 19.2. The summed E-state index contributed by atoms with van der Waals surface area (Å²) in [5, 5.41) is 8.64. The number of nitrogens with zero attached hydrogens (tertiary/aromatic N) is 1. The molecule has 0 aliphatic heterocycles. The van der Waals surface area contributed by atoms with Crippen molar-refractivity contribution in [2.24, 2.45) is 0 Å². The monoisotopic (exact) mass is 365 g/mol. The Hall–Kier alpha value is -3.16. The van der Waals surface area contributed by atoms with Gasteiger partial charge in [-0.1, -0.05) is 18.2 Å². The summed E-state index contributed by atoms with van der Waals surface area (Å²) in [5.74, 6) is -6.46. The zero-order valence-corrected chi connectivity index (χ0v) is 13.4. The standard InChI is InChI=1S/C18H14F3NO4/c19-13-4-1-11(2-5-13)9-22(17(24)8-16(23)18(25)26)10-12-3-6-14(20)15(21)7-12/h1-7H,8-10H2,(H,25,26). The molecule has 0 atom stereocenters. The molecule has 136 valence electrons. The molecule has 8 heteroatoms. The quantitative estimate of drug-likeness (QED) is 0.605. The molecule has 0 saturated carbocycles. The zero-order chi connectivity index (χ0) is 19.3. The van der Waals surface area contributed by atoms with E-state index < -0.39 is 41.5 Å².